The van der Waals surface area contributed by atoms with E-state index in [2.05, 4.69) is 0 Å². The first-order valence-electron chi connectivity index (χ1n) is 4.45. The van der Waals surface area contributed by atoms with Gasteiger partial charge < -0.3 is 9.30 Å². The molecule has 0 radical (unpaired) electrons. The number of nitro groups is 1. The van der Waals surface area contributed by atoms with Gasteiger partial charge in [0.15, 0.2) is 0 Å². The van der Waals surface area contributed by atoms with E-state index in [-0.39, 0.29) is 10.6 Å². The van der Waals surface area contributed by atoms with Crippen molar-refractivity contribution < 1.29 is 9.66 Å². The molecule has 0 aliphatic heterocycles. The van der Waals surface area contributed by atoms with Crippen LogP contribution in [-0.4, -0.2) is 16.6 Å². The van der Waals surface area contributed by atoms with Crippen LogP contribution in [0.2, 0.25) is 0 Å². The lowest BCUT2D eigenvalue weighted by Gasteiger charge is -2.03. The van der Waals surface area contributed by atoms with Gasteiger partial charge in [0, 0.05) is 24.8 Å². The van der Waals surface area contributed by atoms with Crippen LogP contribution in [0.4, 0.5) is 5.69 Å². The van der Waals surface area contributed by atoms with Crippen molar-refractivity contribution in [3.63, 3.8) is 0 Å². The van der Waals surface area contributed by atoms with Crippen LogP contribution in [0.1, 0.15) is 0 Å². The third-order valence-electron chi connectivity index (χ3n) is 2.23. The quantitative estimate of drug-likeness (QED) is 0.571. The fraction of sp³-hybridized carbons (Fsp3) is 0.200. The molecule has 0 spiro atoms. The van der Waals surface area contributed by atoms with Crippen molar-refractivity contribution >= 4 is 16.6 Å². The number of rotatable bonds is 3. The molecule has 78 valence electrons. The molecule has 0 aliphatic carbocycles. The van der Waals surface area contributed by atoms with Gasteiger partial charge in [-0.1, -0.05) is 12.1 Å². The minimum atomic E-state index is -0.380. The predicted molar refractivity (Wildman–Crippen MR) is 55.6 cm³/mol. The van der Waals surface area contributed by atoms with Gasteiger partial charge in [0.05, 0.1) is 4.92 Å². The van der Waals surface area contributed by atoms with Crippen molar-refractivity contribution in [1.82, 2.24) is 4.57 Å². The first kappa shape index (κ1) is 9.67. The van der Waals surface area contributed by atoms with Crippen molar-refractivity contribution in [2.45, 2.75) is 6.73 Å². The molecule has 2 rings (SSSR count). The zero-order valence-electron chi connectivity index (χ0n) is 8.21. The predicted octanol–water partition coefficient (Wildman–Crippen LogP) is 2.15. The largest absolute Gasteiger partial charge is 0.364 e. The van der Waals surface area contributed by atoms with Crippen LogP contribution >= 0.6 is 0 Å². The van der Waals surface area contributed by atoms with Crippen molar-refractivity contribution in [1.29, 1.82) is 0 Å². The molecule has 15 heavy (non-hydrogen) atoms. The van der Waals surface area contributed by atoms with Gasteiger partial charge in [-0.05, 0) is 6.07 Å². The third-order valence-corrected chi connectivity index (χ3v) is 2.23. The summed E-state index contributed by atoms with van der Waals surface area (Å²) in [5.74, 6) is 0. The van der Waals surface area contributed by atoms with Crippen LogP contribution in [0, 0.1) is 10.1 Å². The second-order valence-electron chi connectivity index (χ2n) is 3.18. The number of benzene rings is 1. The van der Waals surface area contributed by atoms with Crippen molar-refractivity contribution in [2.24, 2.45) is 0 Å². The summed E-state index contributed by atoms with van der Waals surface area (Å²) in [5.41, 5.74) is 0.707. The molecule has 2 aromatic rings. The fourth-order valence-corrected chi connectivity index (χ4v) is 1.63. The standard InChI is InChI=1S/C10H10N2O3/c1-15-7-11-6-5-8-3-2-4-9(10(8)11)12(13)14/h2-6H,7H2,1H3. The second-order valence-corrected chi connectivity index (χ2v) is 3.18. The minimum absolute atomic E-state index is 0.106. The van der Waals surface area contributed by atoms with E-state index in [1.165, 1.54) is 6.07 Å². The highest BCUT2D eigenvalue weighted by Gasteiger charge is 2.14. The number of fused-ring (bicyclic) bond motifs is 1. The Hall–Kier alpha value is -1.88. The molecular formula is C10H10N2O3. The summed E-state index contributed by atoms with van der Waals surface area (Å²) in [6.45, 7) is 0.314. The SMILES string of the molecule is COCn1ccc2cccc([N+](=O)[O-])c21. The molecule has 1 heterocycles. The van der Waals surface area contributed by atoms with Crippen LogP contribution in [0.25, 0.3) is 10.9 Å². The van der Waals surface area contributed by atoms with Gasteiger partial charge in [-0.3, -0.25) is 10.1 Å². The number of aromatic nitrogens is 1. The minimum Gasteiger partial charge on any atom is -0.364 e. The number of ether oxygens (including phenoxy) is 1. The summed E-state index contributed by atoms with van der Waals surface area (Å²) >= 11 is 0. The number of nitro benzene ring substituents is 1. The van der Waals surface area contributed by atoms with Gasteiger partial charge in [-0.2, -0.15) is 0 Å². The molecule has 0 saturated carbocycles. The van der Waals surface area contributed by atoms with E-state index < -0.39 is 0 Å². The smallest absolute Gasteiger partial charge is 0.293 e. The summed E-state index contributed by atoms with van der Waals surface area (Å²) in [5, 5.41) is 11.7. The van der Waals surface area contributed by atoms with Gasteiger partial charge in [0.25, 0.3) is 5.69 Å². The molecule has 0 fully saturated rings. The summed E-state index contributed by atoms with van der Waals surface area (Å²) in [4.78, 5) is 10.4. The Labute approximate surface area is 86.0 Å². The summed E-state index contributed by atoms with van der Waals surface area (Å²) in [6.07, 6.45) is 1.78. The van der Waals surface area contributed by atoms with Gasteiger partial charge in [-0.15, -0.1) is 0 Å². The summed E-state index contributed by atoms with van der Waals surface area (Å²) < 4.78 is 6.69. The lowest BCUT2D eigenvalue weighted by molar-refractivity contribution is -0.383. The van der Waals surface area contributed by atoms with Crippen LogP contribution in [-0.2, 0) is 11.5 Å². The zero-order valence-corrected chi connectivity index (χ0v) is 8.21. The highest BCUT2D eigenvalue weighted by molar-refractivity contribution is 5.88. The van der Waals surface area contributed by atoms with E-state index in [9.17, 15) is 10.1 Å². The molecule has 0 aliphatic rings. The van der Waals surface area contributed by atoms with Crippen LogP contribution in [0.5, 0.6) is 0 Å². The van der Waals surface area contributed by atoms with Crippen LogP contribution in [0.3, 0.4) is 0 Å². The Morgan fingerprint density at radius 2 is 2.27 bits per heavy atom. The molecule has 1 aromatic carbocycles. The Morgan fingerprint density at radius 1 is 1.47 bits per heavy atom. The second kappa shape index (κ2) is 3.70. The molecule has 0 saturated heterocycles. The number of hydrogen-bond donors (Lipinski definition) is 0. The Balaban J connectivity index is 2.69. The highest BCUT2D eigenvalue weighted by atomic mass is 16.6. The monoisotopic (exact) mass is 206 g/mol. The van der Waals surface area contributed by atoms with E-state index in [0.717, 1.165) is 5.39 Å². The lowest BCUT2D eigenvalue weighted by Crippen LogP contribution is -2.00. The molecular weight excluding hydrogens is 196 g/mol. The van der Waals surface area contributed by atoms with E-state index in [1.54, 1.807) is 23.9 Å². The lowest BCUT2D eigenvalue weighted by atomic mass is 10.2. The Morgan fingerprint density at radius 3 is 2.93 bits per heavy atom. The number of non-ortho nitro benzene ring substituents is 1. The van der Waals surface area contributed by atoms with Gasteiger partial charge in [0.2, 0.25) is 0 Å². The maximum absolute atomic E-state index is 10.8. The molecule has 0 atom stereocenters. The van der Waals surface area contributed by atoms with Gasteiger partial charge >= 0.3 is 0 Å². The summed E-state index contributed by atoms with van der Waals surface area (Å²) in [7, 11) is 1.56. The molecule has 0 unspecified atom stereocenters. The van der Waals surface area contributed by atoms with Crippen LogP contribution in [0.15, 0.2) is 30.5 Å². The topological polar surface area (TPSA) is 57.3 Å². The third kappa shape index (κ3) is 1.57. The molecule has 5 nitrogen and oxygen atoms in total. The summed E-state index contributed by atoms with van der Waals surface area (Å²) in [6, 6.07) is 6.85. The maximum Gasteiger partial charge on any atom is 0.293 e. The highest BCUT2D eigenvalue weighted by Crippen LogP contribution is 2.26. The van der Waals surface area contributed by atoms with E-state index in [1.807, 2.05) is 12.1 Å². The fourth-order valence-electron chi connectivity index (χ4n) is 1.63. The normalized spacial score (nSPS) is 10.7. The first-order valence-corrected chi connectivity index (χ1v) is 4.45. The van der Waals surface area contributed by atoms with Crippen molar-refractivity contribution in [2.75, 3.05) is 7.11 Å². The average Bonchev–Trinajstić information content (AvgIpc) is 2.62. The van der Waals surface area contributed by atoms with Gasteiger partial charge in [0.1, 0.15) is 12.2 Å². The maximum atomic E-state index is 10.8. The Bertz CT molecular complexity index is 504. The van der Waals surface area contributed by atoms with Crippen molar-refractivity contribution in [3.8, 4) is 0 Å². The number of methoxy groups -OCH3 is 1. The van der Waals surface area contributed by atoms with E-state index >= 15 is 0 Å². The molecule has 1 aromatic heterocycles. The first-order chi connectivity index (χ1) is 7.24. The van der Waals surface area contributed by atoms with Gasteiger partial charge in [-0.25, -0.2) is 0 Å². The molecule has 0 N–H and O–H groups in total. The molecule has 5 heteroatoms. The molecule has 0 amide bonds. The number of para-hydroxylation sites is 1. The van der Waals surface area contributed by atoms with Crippen molar-refractivity contribution in [3.05, 3.63) is 40.6 Å². The van der Waals surface area contributed by atoms with E-state index in [4.69, 9.17) is 4.74 Å². The average molecular weight is 206 g/mol. The Kier molecular flexibility index (Phi) is 2.39. The number of nitrogens with zero attached hydrogens (tertiary/aromatic N) is 2. The molecule has 0 bridgehead atoms. The number of hydrogen-bond acceptors (Lipinski definition) is 3. The van der Waals surface area contributed by atoms with Crippen LogP contribution < -0.4 is 0 Å². The van der Waals surface area contributed by atoms with E-state index in [0.29, 0.717) is 12.2 Å². The zero-order chi connectivity index (χ0) is 10.8.